The number of carbonyl (C=O) groups excluding carboxylic acids is 1. The van der Waals surface area contributed by atoms with Crippen LogP contribution in [-0.4, -0.2) is 29.2 Å². The highest BCUT2D eigenvalue weighted by Gasteiger charge is 2.40. The largest absolute Gasteiger partial charge is 0.391 e. The van der Waals surface area contributed by atoms with E-state index in [4.69, 9.17) is 5.73 Å². The van der Waals surface area contributed by atoms with E-state index in [0.717, 1.165) is 32.1 Å². The van der Waals surface area contributed by atoms with Crippen molar-refractivity contribution in [1.29, 1.82) is 0 Å². The predicted octanol–water partition coefficient (Wildman–Crippen LogP) is 0.781. The van der Waals surface area contributed by atoms with E-state index in [-0.39, 0.29) is 11.8 Å². The number of carbonyl (C=O) groups is 1. The van der Waals surface area contributed by atoms with Crippen LogP contribution in [0.5, 0.6) is 0 Å². The maximum absolute atomic E-state index is 11.7. The summed E-state index contributed by atoms with van der Waals surface area (Å²) in [6, 6.07) is 0. The molecule has 0 aromatic carbocycles. The summed E-state index contributed by atoms with van der Waals surface area (Å²) in [5.41, 5.74) is 5.22. The van der Waals surface area contributed by atoms with Gasteiger partial charge in [0, 0.05) is 6.54 Å². The number of amides is 1. The SMILES string of the molecule is CCC(CC)C(O)CNC(=O)C1(N)CCC1. The topological polar surface area (TPSA) is 75.3 Å². The third-order valence-corrected chi connectivity index (χ3v) is 3.76. The molecule has 1 aliphatic rings. The van der Waals surface area contributed by atoms with Gasteiger partial charge < -0.3 is 16.2 Å². The molecule has 4 N–H and O–H groups in total. The fraction of sp³-hybridized carbons (Fsp3) is 0.917. The monoisotopic (exact) mass is 228 g/mol. The Hall–Kier alpha value is -0.610. The van der Waals surface area contributed by atoms with E-state index < -0.39 is 11.6 Å². The fourth-order valence-electron chi connectivity index (χ4n) is 2.16. The summed E-state index contributed by atoms with van der Waals surface area (Å²) in [5, 5.41) is 12.6. The van der Waals surface area contributed by atoms with Crippen LogP contribution in [0.1, 0.15) is 46.0 Å². The van der Waals surface area contributed by atoms with Crippen LogP contribution >= 0.6 is 0 Å². The first kappa shape index (κ1) is 13.5. The fourth-order valence-corrected chi connectivity index (χ4v) is 2.16. The van der Waals surface area contributed by atoms with Crippen LogP contribution < -0.4 is 11.1 Å². The summed E-state index contributed by atoms with van der Waals surface area (Å²) in [4.78, 5) is 11.7. The molecule has 1 saturated carbocycles. The molecule has 16 heavy (non-hydrogen) atoms. The van der Waals surface area contributed by atoms with E-state index in [9.17, 15) is 9.90 Å². The third-order valence-electron chi connectivity index (χ3n) is 3.76. The van der Waals surface area contributed by atoms with Gasteiger partial charge in [0.15, 0.2) is 0 Å². The zero-order valence-corrected chi connectivity index (χ0v) is 10.3. The lowest BCUT2D eigenvalue weighted by atomic mass is 9.77. The number of aliphatic hydroxyl groups excluding tert-OH is 1. The highest BCUT2D eigenvalue weighted by Crippen LogP contribution is 2.29. The molecule has 0 bridgehead atoms. The molecule has 1 rings (SSSR count). The Kier molecular flexibility index (Phi) is 4.74. The quantitative estimate of drug-likeness (QED) is 0.629. The Labute approximate surface area is 97.6 Å². The van der Waals surface area contributed by atoms with Gasteiger partial charge in [-0.15, -0.1) is 0 Å². The normalized spacial score (nSPS) is 20.3. The van der Waals surface area contributed by atoms with Gasteiger partial charge in [0.25, 0.3) is 0 Å². The molecule has 4 heteroatoms. The molecule has 0 aromatic heterocycles. The van der Waals surface area contributed by atoms with Crippen LogP contribution in [-0.2, 0) is 4.79 Å². The molecule has 1 fully saturated rings. The molecule has 0 aliphatic heterocycles. The lowest BCUT2D eigenvalue weighted by Gasteiger charge is -2.36. The number of rotatable bonds is 6. The molecular weight excluding hydrogens is 204 g/mol. The van der Waals surface area contributed by atoms with Gasteiger partial charge in [-0.2, -0.15) is 0 Å². The summed E-state index contributed by atoms with van der Waals surface area (Å²) in [6.07, 6.45) is 3.96. The molecule has 0 aromatic rings. The van der Waals surface area contributed by atoms with Gasteiger partial charge in [0.05, 0.1) is 11.6 Å². The lowest BCUT2D eigenvalue weighted by Crippen LogP contribution is -2.59. The molecule has 1 atom stereocenters. The molecular formula is C12H24N2O2. The van der Waals surface area contributed by atoms with Crippen molar-refractivity contribution in [3.63, 3.8) is 0 Å². The van der Waals surface area contributed by atoms with Crippen molar-refractivity contribution in [3.8, 4) is 0 Å². The molecule has 0 radical (unpaired) electrons. The van der Waals surface area contributed by atoms with Crippen molar-refractivity contribution in [3.05, 3.63) is 0 Å². The van der Waals surface area contributed by atoms with E-state index in [0.29, 0.717) is 6.54 Å². The Morgan fingerprint density at radius 1 is 1.44 bits per heavy atom. The molecule has 1 unspecified atom stereocenters. The van der Waals surface area contributed by atoms with Crippen LogP contribution in [0.25, 0.3) is 0 Å². The van der Waals surface area contributed by atoms with E-state index >= 15 is 0 Å². The van der Waals surface area contributed by atoms with Gasteiger partial charge in [-0.1, -0.05) is 26.7 Å². The second-order valence-electron chi connectivity index (χ2n) is 4.86. The highest BCUT2D eigenvalue weighted by atomic mass is 16.3. The Morgan fingerprint density at radius 3 is 2.38 bits per heavy atom. The van der Waals surface area contributed by atoms with Crippen molar-refractivity contribution in [2.45, 2.75) is 57.6 Å². The van der Waals surface area contributed by atoms with E-state index in [1.54, 1.807) is 0 Å². The van der Waals surface area contributed by atoms with Crippen molar-refractivity contribution < 1.29 is 9.90 Å². The van der Waals surface area contributed by atoms with Gasteiger partial charge >= 0.3 is 0 Å². The maximum atomic E-state index is 11.7. The highest BCUT2D eigenvalue weighted by molar-refractivity contribution is 5.86. The lowest BCUT2D eigenvalue weighted by molar-refractivity contribution is -0.129. The molecule has 0 saturated heterocycles. The van der Waals surface area contributed by atoms with Crippen LogP contribution in [0.2, 0.25) is 0 Å². The van der Waals surface area contributed by atoms with Crippen LogP contribution in [0, 0.1) is 5.92 Å². The van der Waals surface area contributed by atoms with Gasteiger partial charge in [0.1, 0.15) is 0 Å². The van der Waals surface area contributed by atoms with E-state index in [1.807, 2.05) is 0 Å². The average molecular weight is 228 g/mol. The van der Waals surface area contributed by atoms with Gasteiger partial charge in [-0.3, -0.25) is 4.79 Å². The third kappa shape index (κ3) is 2.95. The average Bonchev–Trinajstić information content (AvgIpc) is 2.24. The first-order valence-corrected chi connectivity index (χ1v) is 6.28. The molecule has 94 valence electrons. The molecule has 1 amide bonds. The van der Waals surface area contributed by atoms with Gasteiger partial charge in [0.2, 0.25) is 5.91 Å². The standard InChI is InChI=1S/C12H24N2O2/c1-3-9(4-2)10(15)8-14-11(16)12(13)6-5-7-12/h9-10,15H,3-8,13H2,1-2H3,(H,14,16). The minimum Gasteiger partial charge on any atom is -0.391 e. The summed E-state index contributed by atoms with van der Waals surface area (Å²) in [5.74, 6) is 0.152. The van der Waals surface area contributed by atoms with Crippen LogP contribution in [0.4, 0.5) is 0 Å². The molecule has 0 heterocycles. The van der Waals surface area contributed by atoms with Gasteiger partial charge in [-0.05, 0) is 25.2 Å². The van der Waals surface area contributed by atoms with E-state index in [2.05, 4.69) is 19.2 Å². The summed E-state index contributed by atoms with van der Waals surface area (Å²) < 4.78 is 0. The van der Waals surface area contributed by atoms with Crippen molar-refractivity contribution in [1.82, 2.24) is 5.32 Å². The summed E-state index contributed by atoms with van der Waals surface area (Å²) in [6.45, 7) is 4.43. The van der Waals surface area contributed by atoms with Crippen molar-refractivity contribution >= 4 is 5.91 Å². The number of aliphatic hydroxyl groups is 1. The second-order valence-corrected chi connectivity index (χ2v) is 4.86. The molecule has 1 aliphatic carbocycles. The number of nitrogens with two attached hydrogens (primary N) is 1. The zero-order valence-electron chi connectivity index (χ0n) is 10.3. The first-order chi connectivity index (χ1) is 7.53. The second kappa shape index (κ2) is 5.64. The summed E-state index contributed by atoms with van der Waals surface area (Å²) >= 11 is 0. The van der Waals surface area contributed by atoms with Gasteiger partial charge in [-0.25, -0.2) is 0 Å². The van der Waals surface area contributed by atoms with Crippen molar-refractivity contribution in [2.75, 3.05) is 6.54 Å². The predicted molar refractivity (Wildman–Crippen MR) is 63.9 cm³/mol. The minimum atomic E-state index is -0.659. The van der Waals surface area contributed by atoms with Crippen LogP contribution in [0.15, 0.2) is 0 Å². The van der Waals surface area contributed by atoms with Crippen molar-refractivity contribution in [2.24, 2.45) is 11.7 Å². The van der Waals surface area contributed by atoms with E-state index in [1.165, 1.54) is 0 Å². The smallest absolute Gasteiger partial charge is 0.240 e. The number of nitrogens with one attached hydrogen (secondary N) is 1. The molecule has 4 nitrogen and oxygen atoms in total. The molecule has 0 spiro atoms. The Morgan fingerprint density at radius 2 is 2.00 bits per heavy atom. The summed E-state index contributed by atoms with van der Waals surface area (Å²) in [7, 11) is 0. The number of hydrogen-bond donors (Lipinski definition) is 3. The number of hydrogen-bond acceptors (Lipinski definition) is 3. The zero-order chi connectivity index (χ0) is 12.2. The minimum absolute atomic E-state index is 0.108. The first-order valence-electron chi connectivity index (χ1n) is 6.28. The Balaban J connectivity index is 2.30. The maximum Gasteiger partial charge on any atom is 0.240 e. The van der Waals surface area contributed by atoms with Crippen LogP contribution in [0.3, 0.4) is 0 Å². The Bertz CT molecular complexity index is 235.